The van der Waals surface area contributed by atoms with Gasteiger partial charge in [0.2, 0.25) is 0 Å². The molecule has 20 heavy (non-hydrogen) atoms. The summed E-state index contributed by atoms with van der Waals surface area (Å²) in [5.74, 6) is 0.467. The summed E-state index contributed by atoms with van der Waals surface area (Å²) in [4.78, 5) is 11.4. The lowest BCUT2D eigenvalue weighted by Crippen LogP contribution is -2.24. The Morgan fingerprint density at radius 3 is 2.00 bits per heavy atom. The van der Waals surface area contributed by atoms with Crippen LogP contribution in [0.15, 0.2) is 12.1 Å². The van der Waals surface area contributed by atoms with Gasteiger partial charge in [-0.05, 0) is 22.5 Å². The van der Waals surface area contributed by atoms with Crippen molar-refractivity contribution in [2.75, 3.05) is 12.8 Å². The van der Waals surface area contributed by atoms with Gasteiger partial charge >= 0.3 is 6.16 Å². The van der Waals surface area contributed by atoms with Crippen molar-refractivity contribution < 1.29 is 14.3 Å². The molecule has 0 unspecified atom stereocenters. The maximum absolute atomic E-state index is 11.4. The van der Waals surface area contributed by atoms with E-state index in [1.807, 2.05) is 6.07 Å². The van der Waals surface area contributed by atoms with E-state index in [0.29, 0.717) is 11.4 Å². The Balaban J connectivity index is 3.57. The molecule has 0 aliphatic heterocycles. The SMILES string of the molecule is COC(=O)Oc1cc(N)cc(C(C)(C)C)c1C(C)(C)C. The van der Waals surface area contributed by atoms with Crippen LogP contribution in [0.5, 0.6) is 5.75 Å². The third-order valence-corrected chi connectivity index (χ3v) is 3.04. The van der Waals surface area contributed by atoms with Gasteiger partial charge in [0.05, 0.1) is 7.11 Å². The van der Waals surface area contributed by atoms with Gasteiger partial charge in [-0.2, -0.15) is 0 Å². The molecule has 2 N–H and O–H groups in total. The number of nitrogen functional groups attached to an aromatic ring is 1. The number of methoxy groups -OCH3 is 1. The van der Waals surface area contributed by atoms with Crippen LogP contribution in [0, 0.1) is 0 Å². The summed E-state index contributed by atoms with van der Waals surface area (Å²) in [7, 11) is 1.29. The van der Waals surface area contributed by atoms with Crippen LogP contribution in [0.2, 0.25) is 0 Å². The lowest BCUT2D eigenvalue weighted by molar-refractivity contribution is 0.120. The molecule has 0 atom stereocenters. The maximum atomic E-state index is 11.4. The second-order valence-electron chi connectivity index (χ2n) is 7.00. The molecule has 0 aliphatic rings. The summed E-state index contributed by atoms with van der Waals surface area (Å²) >= 11 is 0. The molecule has 0 bridgehead atoms. The number of benzene rings is 1. The first-order chi connectivity index (χ1) is 8.96. The average molecular weight is 279 g/mol. The summed E-state index contributed by atoms with van der Waals surface area (Å²) in [6.45, 7) is 12.6. The smallest absolute Gasteiger partial charge is 0.437 e. The third-order valence-electron chi connectivity index (χ3n) is 3.04. The van der Waals surface area contributed by atoms with Gasteiger partial charge in [0.15, 0.2) is 0 Å². The van der Waals surface area contributed by atoms with Gasteiger partial charge in [0, 0.05) is 17.3 Å². The molecule has 1 rings (SSSR count). The largest absolute Gasteiger partial charge is 0.513 e. The minimum atomic E-state index is -0.735. The predicted octanol–water partition coefficient (Wildman–Crippen LogP) is 4.01. The van der Waals surface area contributed by atoms with Crippen LogP contribution in [0.3, 0.4) is 0 Å². The normalized spacial score (nSPS) is 12.2. The van der Waals surface area contributed by atoms with E-state index in [-0.39, 0.29) is 10.8 Å². The van der Waals surface area contributed by atoms with Crippen molar-refractivity contribution in [3.05, 3.63) is 23.3 Å². The van der Waals surface area contributed by atoms with Gasteiger partial charge in [0.1, 0.15) is 5.75 Å². The molecule has 0 spiro atoms. The molecule has 0 radical (unpaired) electrons. The fourth-order valence-electron chi connectivity index (χ4n) is 2.21. The van der Waals surface area contributed by atoms with Crippen LogP contribution in [0.1, 0.15) is 52.7 Å². The molecule has 0 saturated carbocycles. The number of carbonyl (C=O) groups excluding carboxylic acids is 1. The van der Waals surface area contributed by atoms with E-state index in [1.165, 1.54) is 7.11 Å². The molecule has 1 aromatic carbocycles. The standard InChI is InChI=1S/C16H25NO3/c1-15(2,3)11-8-10(17)9-12(20-14(18)19-7)13(11)16(4,5)6/h8-9H,17H2,1-7H3. The maximum Gasteiger partial charge on any atom is 0.513 e. The third kappa shape index (κ3) is 3.65. The van der Waals surface area contributed by atoms with E-state index >= 15 is 0 Å². The van der Waals surface area contributed by atoms with E-state index < -0.39 is 6.16 Å². The summed E-state index contributed by atoms with van der Waals surface area (Å²) in [5, 5.41) is 0. The fourth-order valence-corrected chi connectivity index (χ4v) is 2.21. The Kier molecular flexibility index (Phi) is 4.37. The Labute approximate surface area is 121 Å². The van der Waals surface area contributed by atoms with Crippen LogP contribution in [0.25, 0.3) is 0 Å². The van der Waals surface area contributed by atoms with Crippen LogP contribution >= 0.6 is 0 Å². The quantitative estimate of drug-likeness (QED) is 0.479. The van der Waals surface area contributed by atoms with Crippen molar-refractivity contribution in [3.63, 3.8) is 0 Å². The minimum Gasteiger partial charge on any atom is -0.437 e. The van der Waals surface area contributed by atoms with Crippen molar-refractivity contribution in [2.45, 2.75) is 52.4 Å². The Morgan fingerprint density at radius 1 is 1.05 bits per heavy atom. The van der Waals surface area contributed by atoms with E-state index in [2.05, 4.69) is 46.3 Å². The van der Waals surface area contributed by atoms with Crippen LogP contribution in [-0.4, -0.2) is 13.3 Å². The van der Waals surface area contributed by atoms with Crippen LogP contribution in [-0.2, 0) is 15.6 Å². The van der Waals surface area contributed by atoms with Gasteiger partial charge in [-0.15, -0.1) is 0 Å². The number of hydrogen-bond donors (Lipinski definition) is 1. The lowest BCUT2D eigenvalue weighted by atomic mass is 9.74. The van der Waals surface area contributed by atoms with Crippen molar-refractivity contribution >= 4 is 11.8 Å². The van der Waals surface area contributed by atoms with Gasteiger partial charge in [-0.3, -0.25) is 0 Å². The highest BCUT2D eigenvalue weighted by Gasteiger charge is 2.30. The van der Waals surface area contributed by atoms with E-state index in [0.717, 1.165) is 11.1 Å². The number of rotatable bonds is 1. The van der Waals surface area contributed by atoms with Crippen molar-refractivity contribution in [3.8, 4) is 5.75 Å². The zero-order chi connectivity index (χ0) is 15.7. The topological polar surface area (TPSA) is 61.5 Å². The summed E-state index contributed by atoms with van der Waals surface area (Å²) in [6, 6.07) is 3.62. The number of hydrogen-bond acceptors (Lipinski definition) is 4. The highest BCUT2D eigenvalue weighted by Crippen LogP contribution is 2.41. The van der Waals surface area contributed by atoms with Crippen molar-refractivity contribution in [2.24, 2.45) is 0 Å². The molecule has 0 saturated heterocycles. The second kappa shape index (κ2) is 5.35. The first-order valence-corrected chi connectivity index (χ1v) is 6.67. The molecule has 0 aliphatic carbocycles. The monoisotopic (exact) mass is 279 g/mol. The summed E-state index contributed by atoms with van der Waals surface area (Å²) < 4.78 is 9.88. The molecular formula is C16H25NO3. The minimum absolute atomic E-state index is 0.105. The van der Waals surface area contributed by atoms with E-state index in [4.69, 9.17) is 10.5 Å². The second-order valence-corrected chi connectivity index (χ2v) is 7.00. The van der Waals surface area contributed by atoms with E-state index in [1.54, 1.807) is 6.07 Å². The predicted molar refractivity (Wildman–Crippen MR) is 81.3 cm³/mol. The molecule has 1 aromatic rings. The summed E-state index contributed by atoms with van der Waals surface area (Å²) in [6.07, 6.45) is -0.735. The zero-order valence-corrected chi connectivity index (χ0v) is 13.5. The van der Waals surface area contributed by atoms with Crippen molar-refractivity contribution in [1.82, 2.24) is 0 Å². The number of nitrogens with two attached hydrogens (primary N) is 1. The highest BCUT2D eigenvalue weighted by atomic mass is 16.7. The molecular weight excluding hydrogens is 254 g/mol. The van der Waals surface area contributed by atoms with E-state index in [9.17, 15) is 4.79 Å². The fraction of sp³-hybridized carbons (Fsp3) is 0.562. The van der Waals surface area contributed by atoms with Crippen LogP contribution in [0.4, 0.5) is 10.5 Å². The zero-order valence-electron chi connectivity index (χ0n) is 13.5. The molecule has 0 amide bonds. The molecule has 112 valence electrons. The van der Waals surface area contributed by atoms with Gasteiger partial charge in [0.25, 0.3) is 0 Å². The molecule has 0 aromatic heterocycles. The molecule has 0 fully saturated rings. The number of carbonyl (C=O) groups is 1. The molecule has 4 heteroatoms. The Hall–Kier alpha value is -1.71. The van der Waals surface area contributed by atoms with Crippen molar-refractivity contribution in [1.29, 1.82) is 0 Å². The summed E-state index contributed by atoms with van der Waals surface area (Å²) in [5.41, 5.74) is 8.29. The van der Waals surface area contributed by atoms with Gasteiger partial charge < -0.3 is 15.2 Å². The van der Waals surface area contributed by atoms with Gasteiger partial charge in [-0.25, -0.2) is 4.79 Å². The lowest BCUT2D eigenvalue weighted by Gasteiger charge is -2.31. The first-order valence-electron chi connectivity index (χ1n) is 6.67. The number of ether oxygens (including phenoxy) is 2. The number of anilines is 1. The van der Waals surface area contributed by atoms with Gasteiger partial charge in [-0.1, -0.05) is 41.5 Å². The Morgan fingerprint density at radius 2 is 1.60 bits per heavy atom. The molecule has 4 nitrogen and oxygen atoms in total. The average Bonchev–Trinajstić information content (AvgIpc) is 2.24. The first kappa shape index (κ1) is 16.3. The highest BCUT2D eigenvalue weighted by molar-refractivity contribution is 5.67. The molecule has 0 heterocycles. The Bertz CT molecular complexity index is 508. The van der Waals surface area contributed by atoms with Crippen LogP contribution < -0.4 is 10.5 Å².